The molecule has 2 aromatic carbocycles. The Bertz CT molecular complexity index is 1030. The number of nitrogens with zero attached hydrogens (tertiary/aromatic N) is 5. The third kappa shape index (κ3) is 5.90. The number of nitrogens with one attached hydrogen (secondary N) is 2. The van der Waals surface area contributed by atoms with E-state index in [1.54, 1.807) is 13.4 Å². The molecule has 8 heteroatoms. The molecule has 174 valence electrons. The number of hydrogen-bond donors (Lipinski definition) is 2. The summed E-state index contributed by atoms with van der Waals surface area (Å²) in [6.07, 6.45) is 4.21. The molecule has 0 saturated carbocycles. The van der Waals surface area contributed by atoms with E-state index in [0.29, 0.717) is 6.54 Å². The van der Waals surface area contributed by atoms with Gasteiger partial charge in [-0.2, -0.15) is 0 Å². The molecule has 2 heterocycles. The highest BCUT2D eigenvalue weighted by Crippen LogP contribution is 2.27. The van der Waals surface area contributed by atoms with Crippen LogP contribution in [-0.2, 0) is 6.54 Å². The van der Waals surface area contributed by atoms with E-state index in [2.05, 4.69) is 50.9 Å². The SMILES string of the molecule is CCNC(=NCc1nncn1-c1ccccc1)NCC(c1cccc(OC)c1)N1CCCC1. The molecule has 3 aromatic rings. The van der Waals surface area contributed by atoms with Crippen molar-refractivity contribution >= 4 is 5.96 Å². The van der Waals surface area contributed by atoms with Gasteiger partial charge in [-0.25, -0.2) is 4.99 Å². The van der Waals surface area contributed by atoms with E-state index >= 15 is 0 Å². The standard InChI is InChI=1S/C25H33N7O/c1-3-26-25(28-18-24-30-29-19-32(24)21-11-5-4-6-12-21)27-17-23(31-14-7-8-15-31)20-10-9-13-22(16-20)33-2/h4-6,9-13,16,19,23H,3,7-8,14-15,17-18H2,1-2H3,(H2,26,27,28). The maximum Gasteiger partial charge on any atom is 0.191 e. The molecule has 33 heavy (non-hydrogen) atoms. The summed E-state index contributed by atoms with van der Waals surface area (Å²) in [4.78, 5) is 7.34. The van der Waals surface area contributed by atoms with Gasteiger partial charge in [0.25, 0.3) is 0 Å². The maximum atomic E-state index is 5.47. The van der Waals surface area contributed by atoms with Crippen LogP contribution in [0.2, 0.25) is 0 Å². The molecule has 0 bridgehead atoms. The fourth-order valence-corrected chi connectivity index (χ4v) is 4.22. The second-order valence-corrected chi connectivity index (χ2v) is 8.06. The molecule has 4 rings (SSSR count). The summed E-state index contributed by atoms with van der Waals surface area (Å²) in [5, 5.41) is 15.3. The monoisotopic (exact) mass is 447 g/mol. The van der Waals surface area contributed by atoms with Gasteiger partial charge in [0.15, 0.2) is 11.8 Å². The molecule has 1 saturated heterocycles. The third-order valence-corrected chi connectivity index (χ3v) is 5.90. The third-order valence-electron chi connectivity index (χ3n) is 5.90. The lowest BCUT2D eigenvalue weighted by Crippen LogP contribution is -2.42. The maximum absolute atomic E-state index is 5.47. The predicted octanol–water partition coefficient (Wildman–Crippen LogP) is 3.17. The van der Waals surface area contributed by atoms with Gasteiger partial charge in [-0.3, -0.25) is 9.47 Å². The van der Waals surface area contributed by atoms with E-state index in [0.717, 1.165) is 49.4 Å². The van der Waals surface area contributed by atoms with Crippen molar-refractivity contribution in [2.24, 2.45) is 4.99 Å². The summed E-state index contributed by atoms with van der Waals surface area (Å²) in [6.45, 7) is 6.26. The van der Waals surface area contributed by atoms with Crippen LogP contribution in [0.5, 0.6) is 5.75 Å². The van der Waals surface area contributed by atoms with Gasteiger partial charge < -0.3 is 15.4 Å². The van der Waals surface area contributed by atoms with Crippen LogP contribution in [-0.4, -0.2) is 58.9 Å². The van der Waals surface area contributed by atoms with Crippen molar-refractivity contribution in [2.45, 2.75) is 32.4 Å². The molecule has 0 aliphatic carbocycles. The Kier molecular flexibility index (Phi) is 7.92. The van der Waals surface area contributed by atoms with Crippen LogP contribution >= 0.6 is 0 Å². The molecule has 1 unspecified atom stereocenters. The van der Waals surface area contributed by atoms with Gasteiger partial charge in [0.2, 0.25) is 0 Å². The molecule has 1 aromatic heterocycles. The fourth-order valence-electron chi connectivity index (χ4n) is 4.22. The first-order chi connectivity index (χ1) is 16.3. The van der Waals surface area contributed by atoms with E-state index in [4.69, 9.17) is 9.73 Å². The lowest BCUT2D eigenvalue weighted by molar-refractivity contribution is 0.245. The molecule has 1 fully saturated rings. The van der Waals surface area contributed by atoms with Crippen molar-refractivity contribution in [1.29, 1.82) is 0 Å². The number of rotatable bonds is 9. The normalized spacial score (nSPS) is 15.4. The summed E-state index contributed by atoms with van der Waals surface area (Å²) < 4.78 is 7.44. The first kappa shape index (κ1) is 22.8. The first-order valence-electron chi connectivity index (χ1n) is 11.6. The minimum absolute atomic E-state index is 0.249. The molecule has 8 nitrogen and oxygen atoms in total. The van der Waals surface area contributed by atoms with Gasteiger partial charge in [-0.05, 0) is 62.7 Å². The van der Waals surface area contributed by atoms with Crippen LogP contribution in [0.25, 0.3) is 5.69 Å². The highest BCUT2D eigenvalue weighted by atomic mass is 16.5. The molecule has 0 spiro atoms. The molecule has 1 aliphatic rings. The van der Waals surface area contributed by atoms with Crippen molar-refractivity contribution < 1.29 is 4.74 Å². The Morgan fingerprint density at radius 3 is 2.67 bits per heavy atom. The van der Waals surface area contributed by atoms with Crippen LogP contribution in [0.3, 0.4) is 0 Å². The van der Waals surface area contributed by atoms with Crippen LogP contribution in [0, 0.1) is 0 Å². The highest BCUT2D eigenvalue weighted by Gasteiger charge is 2.24. The average molecular weight is 448 g/mol. The topological polar surface area (TPSA) is 79.6 Å². The molecular formula is C25H33N7O. The second kappa shape index (κ2) is 11.5. The van der Waals surface area contributed by atoms with Gasteiger partial charge in [-0.1, -0.05) is 30.3 Å². The number of benzene rings is 2. The Labute approximate surface area is 195 Å². The summed E-state index contributed by atoms with van der Waals surface area (Å²) in [5.41, 5.74) is 2.28. The molecular weight excluding hydrogens is 414 g/mol. The number of para-hydroxylation sites is 1. The number of hydrogen-bond acceptors (Lipinski definition) is 5. The second-order valence-electron chi connectivity index (χ2n) is 8.06. The highest BCUT2D eigenvalue weighted by molar-refractivity contribution is 5.79. The van der Waals surface area contributed by atoms with Crippen molar-refractivity contribution in [2.75, 3.05) is 33.3 Å². The van der Waals surface area contributed by atoms with E-state index in [9.17, 15) is 0 Å². The minimum atomic E-state index is 0.249. The van der Waals surface area contributed by atoms with Gasteiger partial charge >= 0.3 is 0 Å². The zero-order chi connectivity index (χ0) is 22.9. The van der Waals surface area contributed by atoms with Crippen molar-refractivity contribution in [3.63, 3.8) is 0 Å². The molecule has 0 amide bonds. The largest absolute Gasteiger partial charge is 0.497 e. The molecule has 2 N–H and O–H groups in total. The van der Waals surface area contributed by atoms with Gasteiger partial charge in [0, 0.05) is 18.8 Å². The predicted molar refractivity (Wildman–Crippen MR) is 131 cm³/mol. The van der Waals surface area contributed by atoms with E-state index in [1.807, 2.05) is 41.0 Å². The number of ether oxygens (including phenoxy) is 1. The molecule has 1 atom stereocenters. The molecule has 0 radical (unpaired) electrons. The van der Waals surface area contributed by atoms with Crippen molar-refractivity contribution in [1.82, 2.24) is 30.3 Å². The number of aromatic nitrogens is 3. The van der Waals surface area contributed by atoms with Gasteiger partial charge in [-0.15, -0.1) is 10.2 Å². The van der Waals surface area contributed by atoms with E-state index < -0.39 is 0 Å². The van der Waals surface area contributed by atoms with E-state index in [-0.39, 0.29) is 6.04 Å². The Balaban J connectivity index is 1.48. The summed E-state index contributed by atoms with van der Waals surface area (Å²) in [6, 6.07) is 18.7. The minimum Gasteiger partial charge on any atom is -0.497 e. The number of aliphatic imine (C=N–C) groups is 1. The van der Waals surface area contributed by atoms with Gasteiger partial charge in [0.1, 0.15) is 18.6 Å². The van der Waals surface area contributed by atoms with Crippen LogP contribution < -0.4 is 15.4 Å². The lowest BCUT2D eigenvalue weighted by atomic mass is 10.1. The lowest BCUT2D eigenvalue weighted by Gasteiger charge is -2.29. The number of methoxy groups -OCH3 is 1. The number of likely N-dealkylation sites (tertiary alicyclic amines) is 1. The van der Waals surface area contributed by atoms with Crippen molar-refractivity contribution in [3.8, 4) is 11.4 Å². The molecule has 1 aliphatic heterocycles. The van der Waals surface area contributed by atoms with Gasteiger partial charge in [0.05, 0.1) is 13.2 Å². The van der Waals surface area contributed by atoms with Crippen molar-refractivity contribution in [3.05, 3.63) is 72.3 Å². The van der Waals surface area contributed by atoms with Crippen LogP contribution in [0.15, 0.2) is 65.9 Å². The number of guanidine groups is 1. The fraction of sp³-hybridized carbons (Fsp3) is 0.400. The summed E-state index contributed by atoms with van der Waals surface area (Å²) in [5.74, 6) is 2.45. The van der Waals surface area contributed by atoms with E-state index in [1.165, 1.54) is 18.4 Å². The summed E-state index contributed by atoms with van der Waals surface area (Å²) >= 11 is 0. The first-order valence-corrected chi connectivity index (χ1v) is 11.6. The average Bonchev–Trinajstić information content (AvgIpc) is 3.56. The Morgan fingerprint density at radius 1 is 1.09 bits per heavy atom. The zero-order valence-electron chi connectivity index (χ0n) is 19.4. The zero-order valence-corrected chi connectivity index (χ0v) is 19.4. The summed E-state index contributed by atoms with van der Waals surface area (Å²) in [7, 11) is 1.71. The van der Waals surface area contributed by atoms with Crippen LogP contribution in [0.1, 0.15) is 37.2 Å². The Hall–Kier alpha value is -3.39. The quantitative estimate of drug-likeness (QED) is 0.387. The smallest absolute Gasteiger partial charge is 0.191 e. The Morgan fingerprint density at radius 2 is 1.91 bits per heavy atom. The van der Waals surface area contributed by atoms with Crippen LogP contribution in [0.4, 0.5) is 0 Å².